The number of fused-ring (bicyclic) bond motifs is 1. The number of anilines is 2. The summed E-state index contributed by atoms with van der Waals surface area (Å²) >= 11 is 5.99. The summed E-state index contributed by atoms with van der Waals surface area (Å²) in [5.41, 5.74) is 2.56. The molecular weight excluding hydrogens is 378 g/mol. The van der Waals surface area contributed by atoms with Gasteiger partial charge >= 0.3 is 0 Å². The second-order valence-corrected chi connectivity index (χ2v) is 8.05. The van der Waals surface area contributed by atoms with Gasteiger partial charge in [0.05, 0.1) is 17.9 Å². The first-order valence-electron chi connectivity index (χ1n) is 7.73. The minimum atomic E-state index is -3.88. The van der Waals surface area contributed by atoms with Crippen LogP contribution in [0, 0.1) is 6.92 Å². The Bertz CT molecular complexity index is 1010. The minimum absolute atomic E-state index is 0.000990. The summed E-state index contributed by atoms with van der Waals surface area (Å²) in [6.07, 6.45) is 0.132. The van der Waals surface area contributed by atoms with Crippen molar-refractivity contribution in [3.63, 3.8) is 0 Å². The number of rotatable bonds is 5. The maximum atomic E-state index is 12.4. The van der Waals surface area contributed by atoms with Gasteiger partial charge in [0.1, 0.15) is 0 Å². The Morgan fingerprint density at radius 1 is 1.23 bits per heavy atom. The molecule has 0 aliphatic carbocycles. The van der Waals surface area contributed by atoms with Gasteiger partial charge in [0.15, 0.2) is 0 Å². The fourth-order valence-electron chi connectivity index (χ4n) is 2.49. The van der Waals surface area contributed by atoms with Crippen molar-refractivity contribution in [3.05, 3.63) is 52.5 Å². The average Bonchev–Trinajstić information content (AvgIpc) is 2.95. The van der Waals surface area contributed by atoms with Crippen molar-refractivity contribution in [2.45, 2.75) is 18.2 Å². The lowest BCUT2D eigenvalue weighted by molar-refractivity contribution is -0.115. The molecule has 0 atom stereocenters. The number of hydrogen-bond donors (Lipinski definition) is 3. The summed E-state index contributed by atoms with van der Waals surface area (Å²) in [5.74, 6) is -0.704. The van der Waals surface area contributed by atoms with E-state index < -0.39 is 22.5 Å². The van der Waals surface area contributed by atoms with Gasteiger partial charge in [0, 0.05) is 16.4 Å². The molecule has 9 heteroatoms. The quantitative estimate of drug-likeness (QED) is 0.723. The van der Waals surface area contributed by atoms with Crippen LogP contribution < -0.4 is 15.4 Å². The Balaban J connectivity index is 1.64. The van der Waals surface area contributed by atoms with Gasteiger partial charge in [-0.05, 0) is 48.4 Å². The van der Waals surface area contributed by atoms with Crippen LogP contribution in [-0.2, 0) is 26.0 Å². The standard InChI is InChI=1S/C17H16ClN3O4S/c1-10-2-3-12(8-14(10)18)20-17(23)9-19-26(24,25)13-4-5-15-11(6-13)7-16(22)21-15/h2-6,8,19H,7,9H2,1H3,(H,20,23)(H,21,22). The molecule has 0 unspecified atom stereocenters. The van der Waals surface area contributed by atoms with Gasteiger partial charge in [0.2, 0.25) is 21.8 Å². The Hall–Kier alpha value is -2.42. The van der Waals surface area contributed by atoms with Gasteiger partial charge < -0.3 is 10.6 Å². The molecule has 7 nitrogen and oxygen atoms in total. The zero-order valence-electron chi connectivity index (χ0n) is 13.8. The van der Waals surface area contributed by atoms with Gasteiger partial charge in [-0.3, -0.25) is 9.59 Å². The maximum absolute atomic E-state index is 12.4. The van der Waals surface area contributed by atoms with Crippen LogP contribution in [0.5, 0.6) is 0 Å². The van der Waals surface area contributed by atoms with Crippen LogP contribution in [0.25, 0.3) is 0 Å². The SMILES string of the molecule is Cc1ccc(NC(=O)CNS(=O)(=O)c2ccc3c(c2)CC(=O)N3)cc1Cl. The molecule has 0 saturated heterocycles. The summed E-state index contributed by atoms with van der Waals surface area (Å²) in [7, 11) is -3.88. The molecule has 136 valence electrons. The summed E-state index contributed by atoms with van der Waals surface area (Å²) in [6, 6.07) is 9.36. The zero-order chi connectivity index (χ0) is 18.9. The zero-order valence-corrected chi connectivity index (χ0v) is 15.4. The summed E-state index contributed by atoms with van der Waals surface area (Å²) < 4.78 is 26.9. The Morgan fingerprint density at radius 2 is 2.00 bits per heavy atom. The molecule has 3 rings (SSSR count). The molecular formula is C17H16ClN3O4S. The number of aryl methyl sites for hydroxylation is 1. The van der Waals surface area contributed by atoms with Gasteiger partial charge in [-0.25, -0.2) is 13.1 Å². The van der Waals surface area contributed by atoms with E-state index in [1.54, 1.807) is 18.2 Å². The third-order valence-electron chi connectivity index (χ3n) is 3.89. The van der Waals surface area contributed by atoms with Crippen molar-refractivity contribution in [2.24, 2.45) is 0 Å². The molecule has 1 aliphatic rings. The topological polar surface area (TPSA) is 104 Å². The van der Waals surface area contributed by atoms with E-state index in [4.69, 9.17) is 11.6 Å². The predicted octanol–water partition coefficient (Wildman–Crippen LogP) is 2.06. The molecule has 0 fully saturated rings. The van der Waals surface area contributed by atoms with Crippen molar-refractivity contribution >= 4 is 44.8 Å². The average molecular weight is 394 g/mol. The normalized spacial score (nSPS) is 13.2. The molecule has 26 heavy (non-hydrogen) atoms. The maximum Gasteiger partial charge on any atom is 0.241 e. The molecule has 1 heterocycles. The number of benzene rings is 2. The molecule has 0 spiro atoms. The molecule has 0 aromatic heterocycles. The number of amides is 2. The number of sulfonamides is 1. The highest BCUT2D eigenvalue weighted by Crippen LogP contribution is 2.25. The fraction of sp³-hybridized carbons (Fsp3) is 0.176. The lowest BCUT2D eigenvalue weighted by Gasteiger charge is -2.09. The van der Waals surface area contributed by atoms with E-state index in [2.05, 4.69) is 15.4 Å². The lowest BCUT2D eigenvalue weighted by atomic mass is 10.2. The highest BCUT2D eigenvalue weighted by atomic mass is 35.5. The van der Waals surface area contributed by atoms with E-state index in [9.17, 15) is 18.0 Å². The second kappa shape index (κ2) is 7.06. The van der Waals surface area contributed by atoms with E-state index in [-0.39, 0.29) is 17.2 Å². The Labute approximate surface area is 155 Å². The van der Waals surface area contributed by atoms with Gasteiger partial charge in [-0.1, -0.05) is 17.7 Å². The highest BCUT2D eigenvalue weighted by Gasteiger charge is 2.22. The molecule has 2 amide bonds. The number of nitrogens with one attached hydrogen (secondary N) is 3. The molecule has 0 bridgehead atoms. The van der Waals surface area contributed by atoms with Crippen molar-refractivity contribution in [2.75, 3.05) is 17.2 Å². The fourth-order valence-corrected chi connectivity index (χ4v) is 3.71. The van der Waals surface area contributed by atoms with E-state index in [1.165, 1.54) is 18.2 Å². The van der Waals surface area contributed by atoms with Crippen LogP contribution in [0.15, 0.2) is 41.3 Å². The molecule has 2 aromatic carbocycles. The molecule has 0 saturated carbocycles. The molecule has 3 N–H and O–H groups in total. The Morgan fingerprint density at radius 3 is 2.73 bits per heavy atom. The van der Waals surface area contributed by atoms with Crippen LogP contribution in [0.2, 0.25) is 5.02 Å². The van der Waals surface area contributed by atoms with Gasteiger partial charge in [0.25, 0.3) is 0 Å². The van der Waals surface area contributed by atoms with Crippen LogP contribution >= 0.6 is 11.6 Å². The number of carbonyl (C=O) groups is 2. The van der Waals surface area contributed by atoms with Crippen molar-refractivity contribution in [3.8, 4) is 0 Å². The summed E-state index contributed by atoms with van der Waals surface area (Å²) in [5, 5.41) is 5.71. The smallest absolute Gasteiger partial charge is 0.241 e. The summed E-state index contributed by atoms with van der Waals surface area (Å²) in [6.45, 7) is 1.41. The van der Waals surface area contributed by atoms with Crippen molar-refractivity contribution < 1.29 is 18.0 Å². The first-order chi connectivity index (χ1) is 12.2. The first-order valence-corrected chi connectivity index (χ1v) is 9.59. The number of carbonyl (C=O) groups excluding carboxylic acids is 2. The first kappa shape index (κ1) is 18.4. The van der Waals surface area contributed by atoms with Crippen LogP contribution in [0.1, 0.15) is 11.1 Å². The third kappa shape index (κ3) is 4.04. The van der Waals surface area contributed by atoms with E-state index >= 15 is 0 Å². The van der Waals surface area contributed by atoms with Crippen LogP contribution in [0.3, 0.4) is 0 Å². The van der Waals surface area contributed by atoms with Gasteiger partial charge in [-0.2, -0.15) is 0 Å². The van der Waals surface area contributed by atoms with E-state index in [1.807, 2.05) is 6.92 Å². The Kier molecular flexibility index (Phi) is 4.99. The molecule has 0 radical (unpaired) electrons. The van der Waals surface area contributed by atoms with Crippen LogP contribution in [-0.4, -0.2) is 26.8 Å². The monoisotopic (exact) mass is 393 g/mol. The predicted molar refractivity (Wildman–Crippen MR) is 98.8 cm³/mol. The largest absolute Gasteiger partial charge is 0.326 e. The van der Waals surface area contributed by atoms with E-state index in [0.717, 1.165) is 5.56 Å². The van der Waals surface area contributed by atoms with Crippen LogP contribution in [0.4, 0.5) is 11.4 Å². The number of hydrogen-bond acceptors (Lipinski definition) is 4. The molecule has 1 aliphatic heterocycles. The van der Waals surface area contributed by atoms with Crippen molar-refractivity contribution in [1.82, 2.24) is 4.72 Å². The second-order valence-electron chi connectivity index (χ2n) is 5.88. The highest BCUT2D eigenvalue weighted by molar-refractivity contribution is 7.89. The van der Waals surface area contributed by atoms with Crippen molar-refractivity contribution in [1.29, 1.82) is 0 Å². The number of halogens is 1. The summed E-state index contributed by atoms with van der Waals surface area (Å²) in [4.78, 5) is 23.3. The van der Waals surface area contributed by atoms with Gasteiger partial charge in [-0.15, -0.1) is 0 Å². The minimum Gasteiger partial charge on any atom is -0.326 e. The molecule has 2 aromatic rings. The lowest BCUT2D eigenvalue weighted by Crippen LogP contribution is -2.32. The van der Waals surface area contributed by atoms with E-state index in [0.29, 0.717) is 22.0 Å². The third-order valence-corrected chi connectivity index (χ3v) is 5.70.